The lowest BCUT2D eigenvalue weighted by atomic mass is 10.2. The summed E-state index contributed by atoms with van der Waals surface area (Å²) in [4.78, 5) is 13.1. The maximum atomic E-state index is 11.3. The van der Waals surface area contributed by atoms with Gasteiger partial charge in [-0.25, -0.2) is 0 Å². The maximum absolute atomic E-state index is 11.3. The number of rotatable bonds is 7. The fraction of sp³-hybridized carbons (Fsp3) is 0.889. The summed E-state index contributed by atoms with van der Waals surface area (Å²) in [6.07, 6.45) is 2.03. The van der Waals surface area contributed by atoms with Crippen LogP contribution in [0.2, 0.25) is 0 Å². The van der Waals surface area contributed by atoms with Gasteiger partial charge < -0.3 is 15.3 Å². The van der Waals surface area contributed by atoms with Gasteiger partial charge in [0.25, 0.3) is 0 Å². The molecule has 0 heterocycles. The Hall–Kier alpha value is -0.610. The molecule has 0 saturated carbocycles. The molecule has 0 bridgehead atoms. The molecule has 78 valence electrons. The van der Waals surface area contributed by atoms with Crippen LogP contribution < -0.4 is 5.32 Å². The molecule has 0 saturated heterocycles. The molecule has 4 heteroatoms. The monoisotopic (exact) mass is 188 g/mol. The minimum atomic E-state index is 0.156. The van der Waals surface area contributed by atoms with Crippen LogP contribution in [0, 0.1) is 0 Å². The highest BCUT2D eigenvalue weighted by Crippen LogP contribution is 1.98. The van der Waals surface area contributed by atoms with Gasteiger partial charge in [-0.2, -0.15) is 0 Å². The Kier molecular flexibility index (Phi) is 7.63. The van der Waals surface area contributed by atoms with Crippen LogP contribution in [0.15, 0.2) is 0 Å². The van der Waals surface area contributed by atoms with Crippen LogP contribution in [0.1, 0.15) is 19.3 Å². The first-order valence-corrected chi connectivity index (χ1v) is 4.71. The Balaban J connectivity index is 3.45. The number of amides is 1. The van der Waals surface area contributed by atoms with Crippen LogP contribution >= 0.6 is 0 Å². The average molecular weight is 188 g/mol. The Bertz CT molecular complexity index is 140. The second-order valence-corrected chi connectivity index (χ2v) is 3.10. The highest BCUT2D eigenvalue weighted by atomic mass is 16.2. The number of carbonyl (C=O) groups excluding carboxylic acids is 1. The summed E-state index contributed by atoms with van der Waals surface area (Å²) in [5.74, 6) is 0.156. The van der Waals surface area contributed by atoms with E-state index in [1.807, 2.05) is 7.05 Å². The molecule has 0 spiro atoms. The molecule has 0 aromatic rings. The molecule has 0 aliphatic rings. The number of nitrogens with one attached hydrogen (secondary N) is 1. The molecule has 0 aromatic heterocycles. The summed E-state index contributed by atoms with van der Waals surface area (Å²) < 4.78 is 0. The van der Waals surface area contributed by atoms with Gasteiger partial charge in [-0.15, -0.1) is 0 Å². The van der Waals surface area contributed by atoms with Gasteiger partial charge in [0.15, 0.2) is 0 Å². The van der Waals surface area contributed by atoms with Crippen molar-refractivity contribution in [3.63, 3.8) is 0 Å². The van der Waals surface area contributed by atoms with Crippen LogP contribution in [0.5, 0.6) is 0 Å². The van der Waals surface area contributed by atoms with Gasteiger partial charge in [-0.3, -0.25) is 4.79 Å². The summed E-state index contributed by atoms with van der Waals surface area (Å²) in [5, 5.41) is 11.5. The number of hydrogen-bond acceptors (Lipinski definition) is 3. The topological polar surface area (TPSA) is 52.6 Å². The zero-order valence-corrected chi connectivity index (χ0v) is 8.55. The van der Waals surface area contributed by atoms with Gasteiger partial charge >= 0.3 is 0 Å². The SMILES string of the molecule is CNCCN(C)C(=O)CCCCO. The summed E-state index contributed by atoms with van der Waals surface area (Å²) in [5.41, 5.74) is 0. The fourth-order valence-corrected chi connectivity index (χ4v) is 0.983. The number of carbonyl (C=O) groups is 1. The second kappa shape index (κ2) is 8.01. The molecule has 0 radical (unpaired) electrons. The van der Waals surface area contributed by atoms with Crippen LogP contribution in [-0.2, 0) is 4.79 Å². The molecule has 1 amide bonds. The predicted molar refractivity (Wildman–Crippen MR) is 52.5 cm³/mol. The number of nitrogens with zero attached hydrogens (tertiary/aromatic N) is 1. The number of hydrogen-bond donors (Lipinski definition) is 2. The molecular weight excluding hydrogens is 168 g/mol. The van der Waals surface area contributed by atoms with Crippen LogP contribution in [0.4, 0.5) is 0 Å². The molecule has 0 fully saturated rings. The zero-order chi connectivity index (χ0) is 10.1. The second-order valence-electron chi connectivity index (χ2n) is 3.10. The molecule has 0 aliphatic carbocycles. The summed E-state index contributed by atoms with van der Waals surface area (Å²) in [6, 6.07) is 0. The Morgan fingerprint density at radius 2 is 2.15 bits per heavy atom. The maximum Gasteiger partial charge on any atom is 0.222 e. The van der Waals surface area contributed by atoms with E-state index >= 15 is 0 Å². The lowest BCUT2D eigenvalue weighted by molar-refractivity contribution is -0.129. The normalized spacial score (nSPS) is 10.1. The minimum absolute atomic E-state index is 0.156. The molecule has 0 aliphatic heterocycles. The molecule has 4 nitrogen and oxygen atoms in total. The van der Waals surface area contributed by atoms with E-state index in [2.05, 4.69) is 5.32 Å². The van der Waals surface area contributed by atoms with Gasteiger partial charge in [-0.05, 0) is 19.9 Å². The third kappa shape index (κ3) is 6.54. The van der Waals surface area contributed by atoms with E-state index in [0.717, 1.165) is 19.5 Å². The van der Waals surface area contributed by atoms with E-state index in [1.165, 1.54) is 0 Å². The third-order valence-electron chi connectivity index (χ3n) is 1.92. The smallest absolute Gasteiger partial charge is 0.222 e. The number of aliphatic hydroxyl groups is 1. The van der Waals surface area contributed by atoms with Crippen LogP contribution in [0.3, 0.4) is 0 Å². The molecule has 0 aromatic carbocycles. The van der Waals surface area contributed by atoms with Gasteiger partial charge in [0.2, 0.25) is 5.91 Å². The van der Waals surface area contributed by atoms with Gasteiger partial charge in [-0.1, -0.05) is 0 Å². The van der Waals surface area contributed by atoms with E-state index in [0.29, 0.717) is 12.8 Å². The molecule has 0 rings (SSSR count). The highest BCUT2D eigenvalue weighted by Gasteiger charge is 2.06. The first-order valence-electron chi connectivity index (χ1n) is 4.71. The first-order chi connectivity index (χ1) is 6.22. The van der Waals surface area contributed by atoms with E-state index in [9.17, 15) is 4.79 Å². The van der Waals surface area contributed by atoms with E-state index < -0.39 is 0 Å². The van der Waals surface area contributed by atoms with Crippen LogP contribution in [0.25, 0.3) is 0 Å². The van der Waals surface area contributed by atoms with Crippen LogP contribution in [-0.4, -0.2) is 49.7 Å². The fourth-order valence-electron chi connectivity index (χ4n) is 0.983. The van der Waals surface area contributed by atoms with Gasteiger partial charge in [0, 0.05) is 33.2 Å². The molecule has 0 atom stereocenters. The zero-order valence-electron chi connectivity index (χ0n) is 8.55. The quantitative estimate of drug-likeness (QED) is 0.545. The number of unbranched alkanes of at least 4 members (excludes halogenated alkanes) is 1. The van der Waals surface area contributed by atoms with Crippen molar-refractivity contribution in [2.75, 3.05) is 33.8 Å². The predicted octanol–water partition coefficient (Wildman–Crippen LogP) is -0.173. The molecule has 13 heavy (non-hydrogen) atoms. The lowest BCUT2D eigenvalue weighted by Gasteiger charge is -2.16. The molecule has 2 N–H and O–H groups in total. The van der Waals surface area contributed by atoms with Crippen molar-refractivity contribution in [2.45, 2.75) is 19.3 Å². The van der Waals surface area contributed by atoms with E-state index in [4.69, 9.17) is 5.11 Å². The van der Waals surface area contributed by atoms with Crippen molar-refractivity contribution in [2.24, 2.45) is 0 Å². The average Bonchev–Trinajstić information content (AvgIpc) is 2.14. The highest BCUT2D eigenvalue weighted by molar-refractivity contribution is 5.75. The van der Waals surface area contributed by atoms with Crippen molar-refractivity contribution in [1.82, 2.24) is 10.2 Å². The third-order valence-corrected chi connectivity index (χ3v) is 1.92. The van der Waals surface area contributed by atoms with Crippen molar-refractivity contribution in [3.8, 4) is 0 Å². The molecular formula is C9H20N2O2. The first kappa shape index (κ1) is 12.4. The van der Waals surface area contributed by atoms with Gasteiger partial charge in [0.1, 0.15) is 0 Å². The van der Waals surface area contributed by atoms with E-state index in [1.54, 1.807) is 11.9 Å². The standard InChI is InChI=1S/C9H20N2O2/c1-10-6-7-11(2)9(13)5-3-4-8-12/h10,12H,3-8H2,1-2H3. The Morgan fingerprint density at radius 1 is 1.46 bits per heavy atom. The van der Waals surface area contributed by atoms with Crippen molar-refractivity contribution in [1.29, 1.82) is 0 Å². The lowest BCUT2D eigenvalue weighted by Crippen LogP contribution is -2.32. The summed E-state index contributed by atoms with van der Waals surface area (Å²) >= 11 is 0. The van der Waals surface area contributed by atoms with Crippen molar-refractivity contribution >= 4 is 5.91 Å². The molecule has 0 unspecified atom stereocenters. The minimum Gasteiger partial charge on any atom is -0.396 e. The number of likely N-dealkylation sites (N-methyl/N-ethyl adjacent to an activating group) is 2. The van der Waals surface area contributed by atoms with E-state index in [-0.39, 0.29) is 12.5 Å². The van der Waals surface area contributed by atoms with Gasteiger partial charge in [0.05, 0.1) is 0 Å². The summed E-state index contributed by atoms with van der Waals surface area (Å²) in [7, 11) is 3.67. The largest absolute Gasteiger partial charge is 0.396 e. The van der Waals surface area contributed by atoms with Crippen molar-refractivity contribution < 1.29 is 9.90 Å². The Labute approximate surface area is 79.9 Å². The number of aliphatic hydroxyl groups excluding tert-OH is 1. The van der Waals surface area contributed by atoms with Crippen molar-refractivity contribution in [3.05, 3.63) is 0 Å². The summed E-state index contributed by atoms with van der Waals surface area (Å²) in [6.45, 7) is 1.74. The Morgan fingerprint density at radius 3 is 2.69 bits per heavy atom.